The van der Waals surface area contributed by atoms with Crippen LogP contribution < -0.4 is 0 Å². The first-order valence-electron chi connectivity index (χ1n) is 6.95. The van der Waals surface area contributed by atoms with Crippen molar-refractivity contribution in [1.82, 2.24) is 4.98 Å². The lowest BCUT2D eigenvalue weighted by Crippen LogP contribution is -1.82. The van der Waals surface area contributed by atoms with Gasteiger partial charge >= 0.3 is 0 Å². The van der Waals surface area contributed by atoms with Crippen molar-refractivity contribution < 1.29 is 0 Å². The molecule has 0 saturated carbocycles. The van der Waals surface area contributed by atoms with Crippen molar-refractivity contribution >= 4 is 22.6 Å². The monoisotopic (exact) mass is 257 g/mol. The highest BCUT2D eigenvalue weighted by Gasteiger charge is 2.11. The highest BCUT2D eigenvalue weighted by atomic mass is 14.7. The van der Waals surface area contributed by atoms with Gasteiger partial charge in [0.25, 0.3) is 0 Å². The molecule has 0 radical (unpaired) electrons. The van der Waals surface area contributed by atoms with Gasteiger partial charge in [-0.2, -0.15) is 0 Å². The number of rotatable bonds is 1. The predicted molar refractivity (Wildman–Crippen MR) is 85.5 cm³/mol. The molecule has 1 aliphatic rings. The molecule has 1 heterocycles. The van der Waals surface area contributed by atoms with Gasteiger partial charge in [0, 0.05) is 28.6 Å². The van der Waals surface area contributed by atoms with E-state index in [0.29, 0.717) is 0 Å². The molecular formula is C19H15N. The summed E-state index contributed by atoms with van der Waals surface area (Å²) in [6.45, 7) is 0. The number of para-hydroxylation sites is 1. The molecule has 0 spiro atoms. The number of hydrogen-bond acceptors (Lipinski definition) is 0. The summed E-state index contributed by atoms with van der Waals surface area (Å²) in [7, 11) is 0. The molecule has 4 rings (SSSR count). The predicted octanol–water partition coefficient (Wildman–Crippen LogP) is 4.82. The lowest BCUT2D eigenvalue weighted by atomic mass is 10.0. The average molecular weight is 257 g/mol. The molecule has 0 aliphatic heterocycles. The molecule has 96 valence electrons. The van der Waals surface area contributed by atoms with Crippen LogP contribution in [0, 0.1) is 0 Å². The topological polar surface area (TPSA) is 15.8 Å². The van der Waals surface area contributed by atoms with Crippen LogP contribution in [0.4, 0.5) is 0 Å². The smallest absolute Gasteiger partial charge is 0.0462 e. The van der Waals surface area contributed by atoms with Crippen LogP contribution in [0.5, 0.6) is 0 Å². The molecule has 20 heavy (non-hydrogen) atoms. The van der Waals surface area contributed by atoms with E-state index in [9.17, 15) is 0 Å². The zero-order chi connectivity index (χ0) is 13.4. The summed E-state index contributed by atoms with van der Waals surface area (Å²) in [4.78, 5) is 3.53. The number of nitrogens with one attached hydrogen (secondary N) is 1. The Morgan fingerprint density at radius 2 is 1.65 bits per heavy atom. The number of aromatic nitrogens is 1. The first-order valence-corrected chi connectivity index (χ1v) is 6.95. The van der Waals surface area contributed by atoms with Crippen molar-refractivity contribution in [3.63, 3.8) is 0 Å². The van der Waals surface area contributed by atoms with Crippen LogP contribution in [0.2, 0.25) is 0 Å². The summed E-state index contributed by atoms with van der Waals surface area (Å²) >= 11 is 0. The van der Waals surface area contributed by atoms with Crippen molar-refractivity contribution in [1.29, 1.82) is 0 Å². The van der Waals surface area contributed by atoms with Gasteiger partial charge in [0.2, 0.25) is 0 Å². The summed E-state index contributed by atoms with van der Waals surface area (Å²) in [5.74, 6) is 0. The van der Waals surface area contributed by atoms with Gasteiger partial charge in [0.15, 0.2) is 0 Å². The minimum absolute atomic E-state index is 0.955. The van der Waals surface area contributed by atoms with Crippen molar-refractivity contribution in [3.05, 3.63) is 83.6 Å². The van der Waals surface area contributed by atoms with Crippen LogP contribution in [0.15, 0.2) is 66.7 Å². The second-order valence-electron chi connectivity index (χ2n) is 5.14. The third kappa shape index (κ3) is 1.79. The highest BCUT2D eigenvalue weighted by molar-refractivity contribution is 5.98. The molecule has 0 saturated heterocycles. The van der Waals surface area contributed by atoms with Gasteiger partial charge in [-0.15, -0.1) is 0 Å². The van der Waals surface area contributed by atoms with Crippen LogP contribution >= 0.6 is 0 Å². The molecule has 0 fully saturated rings. The average Bonchev–Trinajstić information content (AvgIpc) is 2.71. The van der Waals surface area contributed by atoms with Crippen LogP contribution in [0.3, 0.4) is 0 Å². The molecule has 0 amide bonds. The largest absolute Gasteiger partial charge is 0.358 e. The zero-order valence-corrected chi connectivity index (χ0v) is 11.1. The van der Waals surface area contributed by atoms with E-state index in [4.69, 9.17) is 0 Å². The Kier molecular flexibility index (Phi) is 2.56. The van der Waals surface area contributed by atoms with E-state index in [1.807, 2.05) is 0 Å². The van der Waals surface area contributed by atoms with E-state index in [0.717, 1.165) is 6.42 Å². The van der Waals surface area contributed by atoms with Crippen molar-refractivity contribution in [3.8, 4) is 0 Å². The molecule has 1 aromatic heterocycles. The first kappa shape index (κ1) is 11.3. The fourth-order valence-corrected chi connectivity index (χ4v) is 2.86. The number of H-pyrrole nitrogens is 1. The van der Waals surface area contributed by atoms with Gasteiger partial charge in [0.1, 0.15) is 0 Å². The minimum atomic E-state index is 0.955. The molecule has 0 unspecified atom stereocenters. The summed E-state index contributed by atoms with van der Waals surface area (Å²) in [5, 5.41) is 1.31. The van der Waals surface area contributed by atoms with Crippen LogP contribution in [-0.4, -0.2) is 4.98 Å². The summed E-state index contributed by atoms with van der Waals surface area (Å²) in [6, 6.07) is 19.1. The fraction of sp³-hybridized carbons (Fsp3) is 0.0526. The number of aromatic amines is 1. The second-order valence-corrected chi connectivity index (χ2v) is 5.14. The quantitative estimate of drug-likeness (QED) is 0.643. The molecule has 1 N–H and O–H groups in total. The van der Waals surface area contributed by atoms with E-state index < -0.39 is 0 Å². The molecule has 3 aromatic rings. The van der Waals surface area contributed by atoms with Gasteiger partial charge < -0.3 is 4.98 Å². The number of benzene rings is 2. The van der Waals surface area contributed by atoms with Crippen LogP contribution in [0.1, 0.15) is 16.8 Å². The maximum Gasteiger partial charge on any atom is 0.0462 e. The summed E-state index contributed by atoms with van der Waals surface area (Å²) < 4.78 is 0. The van der Waals surface area contributed by atoms with E-state index in [-0.39, 0.29) is 0 Å². The SMILES string of the molecule is C1=CC(c2ccccc2)=Cc2c([nH]c3ccccc23)C1. The van der Waals surface area contributed by atoms with Crippen LogP contribution in [-0.2, 0) is 6.42 Å². The molecule has 1 nitrogen and oxygen atoms in total. The van der Waals surface area contributed by atoms with Crippen molar-refractivity contribution in [2.45, 2.75) is 6.42 Å². The fourth-order valence-electron chi connectivity index (χ4n) is 2.86. The Balaban J connectivity index is 1.95. The van der Waals surface area contributed by atoms with E-state index >= 15 is 0 Å². The number of hydrogen-bond donors (Lipinski definition) is 1. The Bertz CT molecular complexity index is 819. The van der Waals surface area contributed by atoms with Gasteiger partial charge in [-0.3, -0.25) is 0 Å². The molecule has 0 bridgehead atoms. The van der Waals surface area contributed by atoms with E-state index in [2.05, 4.69) is 77.8 Å². The maximum absolute atomic E-state index is 3.53. The summed E-state index contributed by atoms with van der Waals surface area (Å²) in [5.41, 5.74) is 6.38. The van der Waals surface area contributed by atoms with E-state index in [1.165, 1.54) is 33.3 Å². The lowest BCUT2D eigenvalue weighted by Gasteiger charge is -2.01. The Morgan fingerprint density at radius 3 is 2.55 bits per heavy atom. The molecule has 1 heteroatoms. The van der Waals surface area contributed by atoms with Gasteiger partial charge in [-0.25, -0.2) is 0 Å². The Labute approximate surface area is 118 Å². The van der Waals surface area contributed by atoms with Gasteiger partial charge in [0.05, 0.1) is 0 Å². The van der Waals surface area contributed by atoms with Crippen molar-refractivity contribution in [2.24, 2.45) is 0 Å². The third-order valence-electron chi connectivity index (χ3n) is 3.85. The Hall–Kier alpha value is -2.54. The third-order valence-corrected chi connectivity index (χ3v) is 3.85. The van der Waals surface area contributed by atoms with Gasteiger partial charge in [-0.05, 0) is 23.3 Å². The van der Waals surface area contributed by atoms with Crippen LogP contribution in [0.25, 0.3) is 22.6 Å². The molecule has 0 atom stereocenters. The van der Waals surface area contributed by atoms with E-state index in [1.54, 1.807) is 0 Å². The highest BCUT2D eigenvalue weighted by Crippen LogP contribution is 2.30. The van der Waals surface area contributed by atoms with Crippen molar-refractivity contribution in [2.75, 3.05) is 0 Å². The zero-order valence-electron chi connectivity index (χ0n) is 11.1. The normalized spacial score (nSPS) is 13.9. The number of allylic oxidation sites excluding steroid dienone is 3. The molecule has 2 aromatic carbocycles. The first-order chi connectivity index (χ1) is 9.92. The lowest BCUT2D eigenvalue weighted by molar-refractivity contribution is 1.17. The standard InChI is InChI=1S/C19H15N/c1-2-7-14(8-3-1)15-9-6-12-19-17(13-15)16-10-4-5-11-18(16)20-19/h1-11,13,20H,12H2. The molecule has 1 aliphatic carbocycles. The summed E-state index contributed by atoms with van der Waals surface area (Å²) in [6.07, 6.45) is 7.71. The maximum atomic E-state index is 3.53. The molecular weight excluding hydrogens is 242 g/mol. The minimum Gasteiger partial charge on any atom is -0.358 e. The number of fused-ring (bicyclic) bond motifs is 3. The second kappa shape index (κ2) is 4.53. The van der Waals surface area contributed by atoms with Gasteiger partial charge in [-0.1, -0.05) is 60.7 Å². The Morgan fingerprint density at radius 1 is 0.850 bits per heavy atom.